The van der Waals surface area contributed by atoms with Crippen molar-refractivity contribution in [2.45, 2.75) is 26.5 Å². The average molecular weight is 414 g/mol. The molecule has 10 heteroatoms. The highest BCUT2D eigenvalue weighted by Gasteiger charge is 2.21. The molecule has 1 aromatic carbocycles. The second-order valence-corrected chi connectivity index (χ2v) is 6.70. The lowest BCUT2D eigenvalue weighted by Crippen LogP contribution is -2.37. The van der Waals surface area contributed by atoms with E-state index in [1.165, 1.54) is 36.5 Å². The van der Waals surface area contributed by atoms with E-state index in [0.717, 1.165) is 4.57 Å². The molecule has 10 nitrogen and oxygen atoms in total. The second-order valence-electron chi connectivity index (χ2n) is 6.70. The van der Waals surface area contributed by atoms with Crippen LogP contribution in [-0.2, 0) is 30.2 Å². The van der Waals surface area contributed by atoms with Crippen molar-refractivity contribution in [3.8, 4) is 5.75 Å². The van der Waals surface area contributed by atoms with Gasteiger partial charge in [0.1, 0.15) is 12.3 Å². The minimum absolute atomic E-state index is 0.0991. The van der Waals surface area contributed by atoms with Crippen LogP contribution in [0.5, 0.6) is 5.75 Å². The third-order valence-corrected chi connectivity index (χ3v) is 4.64. The number of Topliss-reactive ketones (excluding diaryl/α,β-unsaturated/α-hetero) is 1. The van der Waals surface area contributed by atoms with E-state index >= 15 is 0 Å². The molecule has 0 saturated heterocycles. The van der Waals surface area contributed by atoms with Crippen LogP contribution in [-0.4, -0.2) is 43.1 Å². The van der Waals surface area contributed by atoms with Gasteiger partial charge >= 0.3 is 11.7 Å². The van der Waals surface area contributed by atoms with Gasteiger partial charge in [0.05, 0.1) is 12.9 Å². The Balaban J connectivity index is 1.75. The first-order chi connectivity index (χ1) is 14.2. The molecule has 1 atom stereocenters. The summed E-state index contributed by atoms with van der Waals surface area (Å²) >= 11 is 0. The Morgan fingerprint density at radius 2 is 1.77 bits per heavy atom. The zero-order valence-electron chi connectivity index (χ0n) is 17.1. The molecule has 0 fully saturated rings. The molecule has 0 spiro atoms. The summed E-state index contributed by atoms with van der Waals surface area (Å²) in [6, 6.07) is 6.54. The maximum atomic E-state index is 12.5. The molecule has 30 heavy (non-hydrogen) atoms. The molecule has 0 saturated carbocycles. The summed E-state index contributed by atoms with van der Waals surface area (Å²) in [5, 5.41) is 0. The van der Waals surface area contributed by atoms with Crippen molar-refractivity contribution in [1.82, 2.24) is 18.7 Å². The summed E-state index contributed by atoms with van der Waals surface area (Å²) < 4.78 is 14.0. The summed E-state index contributed by atoms with van der Waals surface area (Å²) in [7, 11) is 2.83. The minimum Gasteiger partial charge on any atom is -0.494 e. The number of rotatable bonds is 7. The van der Waals surface area contributed by atoms with Crippen molar-refractivity contribution >= 4 is 22.9 Å². The molecule has 0 amide bonds. The van der Waals surface area contributed by atoms with Gasteiger partial charge in [-0.1, -0.05) is 0 Å². The second kappa shape index (κ2) is 8.36. The lowest BCUT2D eigenvalue weighted by atomic mass is 10.1. The molecule has 3 aromatic rings. The third-order valence-electron chi connectivity index (χ3n) is 4.64. The zero-order chi connectivity index (χ0) is 22.0. The van der Waals surface area contributed by atoms with Crippen molar-refractivity contribution in [3.05, 3.63) is 57.0 Å². The van der Waals surface area contributed by atoms with E-state index in [9.17, 15) is 19.2 Å². The first kappa shape index (κ1) is 21.0. The molecular weight excluding hydrogens is 392 g/mol. The third kappa shape index (κ3) is 3.88. The van der Waals surface area contributed by atoms with Crippen LogP contribution >= 0.6 is 0 Å². The smallest absolute Gasteiger partial charge is 0.332 e. The number of hydrogen-bond donors (Lipinski definition) is 0. The number of carbonyl (C=O) groups is 2. The van der Waals surface area contributed by atoms with Gasteiger partial charge in [0.25, 0.3) is 5.56 Å². The molecule has 3 rings (SSSR count). The standard InChI is InChI=1S/C20H22N4O6/c1-5-29-14-8-6-13(7-9-14)17(26)12(2)30-15(25)10-24-11-21-18-16(24)19(27)23(4)20(28)22(18)3/h6-9,11-12H,5,10H2,1-4H3. The fourth-order valence-corrected chi connectivity index (χ4v) is 3.06. The highest BCUT2D eigenvalue weighted by Crippen LogP contribution is 2.15. The first-order valence-electron chi connectivity index (χ1n) is 9.32. The summed E-state index contributed by atoms with van der Waals surface area (Å²) in [4.78, 5) is 53.3. The van der Waals surface area contributed by atoms with Crippen LogP contribution in [0, 0.1) is 0 Å². The Morgan fingerprint density at radius 3 is 2.40 bits per heavy atom. The van der Waals surface area contributed by atoms with E-state index in [1.807, 2.05) is 6.92 Å². The van der Waals surface area contributed by atoms with E-state index < -0.39 is 23.3 Å². The van der Waals surface area contributed by atoms with Crippen molar-refractivity contribution in [1.29, 1.82) is 0 Å². The molecule has 1 unspecified atom stereocenters. The maximum absolute atomic E-state index is 12.5. The number of aryl methyl sites for hydroxylation is 1. The topological polar surface area (TPSA) is 114 Å². The van der Waals surface area contributed by atoms with Crippen molar-refractivity contribution < 1.29 is 19.1 Å². The minimum atomic E-state index is -1.02. The highest BCUT2D eigenvalue weighted by molar-refractivity contribution is 6.00. The van der Waals surface area contributed by atoms with E-state index in [0.29, 0.717) is 17.9 Å². The van der Waals surface area contributed by atoms with Crippen LogP contribution in [0.25, 0.3) is 11.2 Å². The zero-order valence-corrected chi connectivity index (χ0v) is 17.1. The molecule has 2 heterocycles. The number of ether oxygens (including phenoxy) is 2. The lowest BCUT2D eigenvalue weighted by molar-refractivity contribution is -0.146. The number of fused-ring (bicyclic) bond motifs is 1. The van der Waals surface area contributed by atoms with E-state index in [-0.39, 0.29) is 23.5 Å². The molecule has 2 aromatic heterocycles. The van der Waals surface area contributed by atoms with Gasteiger partial charge in [-0.15, -0.1) is 0 Å². The summed E-state index contributed by atoms with van der Waals surface area (Å²) in [5.74, 6) is -0.432. The van der Waals surface area contributed by atoms with Gasteiger partial charge in [-0.2, -0.15) is 0 Å². The van der Waals surface area contributed by atoms with Gasteiger partial charge in [-0.3, -0.25) is 23.5 Å². The Hall–Kier alpha value is -3.69. The van der Waals surface area contributed by atoms with Crippen LogP contribution < -0.4 is 16.0 Å². The van der Waals surface area contributed by atoms with Crippen LogP contribution in [0.2, 0.25) is 0 Å². The van der Waals surface area contributed by atoms with Crippen LogP contribution in [0.15, 0.2) is 40.2 Å². The Labute approximate surface area is 171 Å². The highest BCUT2D eigenvalue weighted by atomic mass is 16.5. The number of esters is 1. The quantitative estimate of drug-likeness (QED) is 0.412. The van der Waals surface area contributed by atoms with Gasteiger partial charge in [-0.25, -0.2) is 9.78 Å². The van der Waals surface area contributed by atoms with Gasteiger partial charge in [-0.05, 0) is 38.1 Å². The molecule has 0 aliphatic heterocycles. The molecule has 0 radical (unpaired) electrons. The fourth-order valence-electron chi connectivity index (χ4n) is 3.06. The fraction of sp³-hybridized carbons (Fsp3) is 0.350. The number of ketones is 1. The number of aromatic nitrogens is 4. The predicted octanol–water partition coefficient (Wildman–Crippen LogP) is 0.647. The van der Waals surface area contributed by atoms with E-state index in [2.05, 4.69) is 4.98 Å². The van der Waals surface area contributed by atoms with E-state index in [1.54, 1.807) is 24.3 Å². The van der Waals surface area contributed by atoms with Gasteiger partial charge in [0.2, 0.25) is 5.78 Å². The van der Waals surface area contributed by atoms with Crippen LogP contribution in [0.1, 0.15) is 24.2 Å². The average Bonchev–Trinajstić information content (AvgIpc) is 3.14. The first-order valence-corrected chi connectivity index (χ1v) is 9.32. The summed E-state index contributed by atoms with van der Waals surface area (Å²) in [6.07, 6.45) is 0.267. The summed E-state index contributed by atoms with van der Waals surface area (Å²) in [6.45, 7) is 3.53. The monoisotopic (exact) mass is 414 g/mol. The van der Waals surface area contributed by atoms with Crippen LogP contribution in [0.3, 0.4) is 0 Å². The van der Waals surface area contributed by atoms with Crippen molar-refractivity contribution in [3.63, 3.8) is 0 Å². The SMILES string of the molecule is CCOc1ccc(C(=O)C(C)OC(=O)Cn2cnc3c2c(=O)n(C)c(=O)n3C)cc1. The van der Waals surface area contributed by atoms with Crippen molar-refractivity contribution in [2.75, 3.05) is 6.61 Å². The molecule has 158 valence electrons. The summed E-state index contributed by atoms with van der Waals surface area (Å²) in [5.41, 5.74) is -0.445. The molecular formula is C20H22N4O6. The lowest BCUT2D eigenvalue weighted by Gasteiger charge is -2.13. The van der Waals surface area contributed by atoms with Gasteiger partial charge in [0, 0.05) is 19.7 Å². The van der Waals surface area contributed by atoms with Crippen LogP contribution in [0.4, 0.5) is 0 Å². The number of benzene rings is 1. The Morgan fingerprint density at radius 1 is 1.10 bits per heavy atom. The molecule has 0 bridgehead atoms. The van der Waals surface area contributed by atoms with Gasteiger partial charge < -0.3 is 14.0 Å². The Bertz CT molecular complexity index is 1220. The molecule has 0 N–H and O–H groups in total. The number of nitrogens with zero attached hydrogens (tertiary/aromatic N) is 4. The molecule has 0 aliphatic rings. The Kier molecular flexibility index (Phi) is 5.86. The molecule has 0 aliphatic carbocycles. The van der Waals surface area contributed by atoms with Gasteiger partial charge in [0.15, 0.2) is 17.3 Å². The maximum Gasteiger partial charge on any atom is 0.332 e. The largest absolute Gasteiger partial charge is 0.494 e. The number of imidazole rings is 1. The predicted molar refractivity (Wildman–Crippen MR) is 108 cm³/mol. The van der Waals surface area contributed by atoms with E-state index in [4.69, 9.17) is 9.47 Å². The number of carbonyl (C=O) groups excluding carboxylic acids is 2. The number of hydrogen-bond acceptors (Lipinski definition) is 7. The van der Waals surface area contributed by atoms with Crippen molar-refractivity contribution in [2.24, 2.45) is 14.1 Å². The normalized spacial score (nSPS) is 12.0.